The fraction of sp³-hybridized carbons (Fsp3) is 0.182. The standard InChI is InChI=1S/C22H20N2O4/c1-16(11-13-27-22(26)19-9-7-17(15-25)8-10-19)28-24-14-20-5-2-4-18-6-3-12-23-21(18)20/h2-10,12,14-16H,11,13H2,1H3/b24-14+. The van der Waals surface area contributed by atoms with E-state index in [-0.39, 0.29) is 12.7 Å². The number of nitrogens with zero attached hydrogens (tertiary/aromatic N) is 2. The molecule has 0 amide bonds. The maximum absolute atomic E-state index is 12.0. The second kappa shape index (κ2) is 9.41. The van der Waals surface area contributed by atoms with E-state index in [4.69, 9.17) is 9.57 Å². The SMILES string of the molecule is CC(CCOC(=O)c1ccc(C=O)cc1)O/N=C/c1cccc2cccnc12. The summed E-state index contributed by atoms with van der Waals surface area (Å²) < 4.78 is 5.23. The summed E-state index contributed by atoms with van der Waals surface area (Å²) >= 11 is 0. The Labute approximate surface area is 162 Å². The van der Waals surface area contributed by atoms with Gasteiger partial charge in [0.2, 0.25) is 0 Å². The Morgan fingerprint density at radius 2 is 1.93 bits per heavy atom. The van der Waals surface area contributed by atoms with Crippen molar-refractivity contribution in [3.05, 3.63) is 77.5 Å². The topological polar surface area (TPSA) is 77.9 Å². The molecule has 1 heterocycles. The molecule has 0 aliphatic heterocycles. The number of fused-ring (bicyclic) bond motifs is 1. The van der Waals surface area contributed by atoms with Gasteiger partial charge in [-0.25, -0.2) is 4.79 Å². The molecule has 0 saturated heterocycles. The first-order chi connectivity index (χ1) is 13.7. The van der Waals surface area contributed by atoms with Crippen LogP contribution in [0, 0.1) is 0 Å². The van der Waals surface area contributed by atoms with Crippen LogP contribution in [0.1, 0.15) is 39.6 Å². The number of carbonyl (C=O) groups is 2. The number of hydrogen-bond acceptors (Lipinski definition) is 6. The molecule has 0 aliphatic carbocycles. The number of carbonyl (C=O) groups excluding carboxylic acids is 2. The van der Waals surface area contributed by atoms with E-state index >= 15 is 0 Å². The number of benzene rings is 2. The van der Waals surface area contributed by atoms with Crippen LogP contribution >= 0.6 is 0 Å². The van der Waals surface area contributed by atoms with Gasteiger partial charge in [0.25, 0.3) is 0 Å². The fourth-order valence-electron chi connectivity index (χ4n) is 2.57. The average Bonchev–Trinajstić information content (AvgIpc) is 2.74. The van der Waals surface area contributed by atoms with Crippen molar-refractivity contribution >= 4 is 29.4 Å². The molecule has 1 unspecified atom stereocenters. The van der Waals surface area contributed by atoms with Crippen molar-refractivity contribution in [1.82, 2.24) is 4.98 Å². The molecule has 0 fully saturated rings. The Balaban J connectivity index is 1.46. The molecular weight excluding hydrogens is 356 g/mol. The predicted octanol–water partition coefficient (Wildman–Crippen LogP) is 4.03. The summed E-state index contributed by atoms with van der Waals surface area (Å²) in [6.07, 6.45) is 4.38. The van der Waals surface area contributed by atoms with Crippen LogP contribution in [0.3, 0.4) is 0 Å². The minimum absolute atomic E-state index is 0.209. The van der Waals surface area contributed by atoms with Gasteiger partial charge in [0.1, 0.15) is 12.4 Å². The molecule has 6 heteroatoms. The first-order valence-corrected chi connectivity index (χ1v) is 8.92. The van der Waals surface area contributed by atoms with E-state index < -0.39 is 5.97 Å². The summed E-state index contributed by atoms with van der Waals surface area (Å²) in [5.41, 5.74) is 2.65. The molecule has 0 bridgehead atoms. The summed E-state index contributed by atoms with van der Waals surface area (Å²) in [7, 11) is 0. The molecule has 0 aliphatic rings. The molecule has 0 radical (unpaired) electrons. The number of ether oxygens (including phenoxy) is 1. The predicted molar refractivity (Wildman–Crippen MR) is 107 cm³/mol. The molecule has 0 N–H and O–H groups in total. The van der Waals surface area contributed by atoms with Crippen LogP contribution in [-0.2, 0) is 9.57 Å². The Morgan fingerprint density at radius 1 is 1.14 bits per heavy atom. The lowest BCUT2D eigenvalue weighted by Crippen LogP contribution is -2.12. The van der Waals surface area contributed by atoms with E-state index in [9.17, 15) is 9.59 Å². The molecule has 0 saturated carbocycles. The second-order valence-corrected chi connectivity index (χ2v) is 6.24. The monoisotopic (exact) mass is 376 g/mol. The molecule has 2 aromatic carbocycles. The van der Waals surface area contributed by atoms with E-state index in [1.807, 2.05) is 37.3 Å². The molecule has 3 rings (SSSR count). The maximum atomic E-state index is 12.0. The molecule has 142 valence electrons. The highest BCUT2D eigenvalue weighted by Gasteiger charge is 2.09. The van der Waals surface area contributed by atoms with Gasteiger partial charge in [0.05, 0.1) is 23.9 Å². The lowest BCUT2D eigenvalue weighted by molar-refractivity contribution is 0.0292. The molecule has 0 spiro atoms. The van der Waals surface area contributed by atoms with Crippen LogP contribution in [0.25, 0.3) is 10.9 Å². The fourth-order valence-corrected chi connectivity index (χ4v) is 2.57. The smallest absolute Gasteiger partial charge is 0.338 e. The number of aldehydes is 1. The number of oxime groups is 1. The van der Waals surface area contributed by atoms with Crippen LogP contribution in [0.5, 0.6) is 0 Å². The minimum Gasteiger partial charge on any atom is -0.462 e. The highest BCUT2D eigenvalue weighted by Crippen LogP contribution is 2.14. The van der Waals surface area contributed by atoms with Crippen molar-refractivity contribution in [2.24, 2.45) is 5.16 Å². The number of rotatable bonds is 8. The number of para-hydroxylation sites is 1. The zero-order valence-corrected chi connectivity index (χ0v) is 15.4. The van der Waals surface area contributed by atoms with Gasteiger partial charge in [-0.15, -0.1) is 0 Å². The minimum atomic E-state index is -0.435. The van der Waals surface area contributed by atoms with Gasteiger partial charge in [-0.3, -0.25) is 9.78 Å². The van der Waals surface area contributed by atoms with Gasteiger partial charge in [-0.05, 0) is 25.1 Å². The van der Waals surface area contributed by atoms with E-state index in [1.54, 1.807) is 36.7 Å². The Morgan fingerprint density at radius 3 is 2.71 bits per heavy atom. The van der Waals surface area contributed by atoms with E-state index in [0.717, 1.165) is 22.8 Å². The number of hydrogen-bond donors (Lipinski definition) is 0. The normalized spacial score (nSPS) is 12.0. The maximum Gasteiger partial charge on any atom is 0.338 e. The Bertz CT molecular complexity index is 978. The molecule has 1 atom stereocenters. The van der Waals surface area contributed by atoms with Crippen LogP contribution < -0.4 is 0 Å². The van der Waals surface area contributed by atoms with E-state index in [1.165, 1.54) is 0 Å². The highest BCUT2D eigenvalue weighted by molar-refractivity contribution is 5.97. The largest absolute Gasteiger partial charge is 0.462 e. The average molecular weight is 376 g/mol. The summed E-state index contributed by atoms with van der Waals surface area (Å²) in [4.78, 5) is 32.4. The number of esters is 1. The number of pyridine rings is 1. The second-order valence-electron chi connectivity index (χ2n) is 6.24. The molecule has 6 nitrogen and oxygen atoms in total. The third-order valence-corrected chi connectivity index (χ3v) is 4.14. The van der Waals surface area contributed by atoms with Gasteiger partial charge in [-0.1, -0.05) is 41.6 Å². The van der Waals surface area contributed by atoms with E-state index in [0.29, 0.717) is 17.5 Å². The Hall–Kier alpha value is -3.54. The first-order valence-electron chi connectivity index (χ1n) is 8.92. The third kappa shape index (κ3) is 5.01. The van der Waals surface area contributed by atoms with Gasteiger partial charge in [0.15, 0.2) is 0 Å². The molecular formula is C22H20N2O4. The summed E-state index contributed by atoms with van der Waals surface area (Å²) in [5.74, 6) is -0.435. The van der Waals surface area contributed by atoms with Crippen LogP contribution in [-0.4, -0.2) is 36.2 Å². The van der Waals surface area contributed by atoms with Crippen LogP contribution in [0.4, 0.5) is 0 Å². The van der Waals surface area contributed by atoms with Crippen LogP contribution in [0.15, 0.2) is 65.9 Å². The van der Waals surface area contributed by atoms with Crippen molar-refractivity contribution in [1.29, 1.82) is 0 Å². The van der Waals surface area contributed by atoms with Crippen molar-refractivity contribution in [3.8, 4) is 0 Å². The number of aromatic nitrogens is 1. The van der Waals surface area contributed by atoms with Gasteiger partial charge in [-0.2, -0.15) is 0 Å². The molecule has 28 heavy (non-hydrogen) atoms. The van der Waals surface area contributed by atoms with Gasteiger partial charge < -0.3 is 9.57 Å². The zero-order valence-electron chi connectivity index (χ0n) is 15.4. The summed E-state index contributed by atoms with van der Waals surface area (Å²) in [5, 5.41) is 5.06. The van der Waals surface area contributed by atoms with Crippen LogP contribution in [0.2, 0.25) is 0 Å². The Kier molecular flexibility index (Phi) is 6.46. The third-order valence-electron chi connectivity index (χ3n) is 4.14. The van der Waals surface area contributed by atoms with Crippen molar-refractivity contribution < 1.29 is 19.2 Å². The first kappa shape index (κ1) is 19.2. The molecule has 3 aromatic rings. The van der Waals surface area contributed by atoms with Crippen molar-refractivity contribution in [2.45, 2.75) is 19.4 Å². The molecule has 1 aromatic heterocycles. The lowest BCUT2D eigenvalue weighted by atomic mass is 10.1. The lowest BCUT2D eigenvalue weighted by Gasteiger charge is -2.10. The van der Waals surface area contributed by atoms with E-state index in [2.05, 4.69) is 10.1 Å². The highest BCUT2D eigenvalue weighted by atomic mass is 16.6. The van der Waals surface area contributed by atoms with Crippen molar-refractivity contribution in [2.75, 3.05) is 6.61 Å². The van der Waals surface area contributed by atoms with Gasteiger partial charge in [0, 0.05) is 29.1 Å². The van der Waals surface area contributed by atoms with Gasteiger partial charge >= 0.3 is 5.97 Å². The zero-order chi connectivity index (χ0) is 19.8. The van der Waals surface area contributed by atoms with Crippen molar-refractivity contribution in [3.63, 3.8) is 0 Å². The quantitative estimate of drug-likeness (QED) is 0.257. The summed E-state index contributed by atoms with van der Waals surface area (Å²) in [6.45, 7) is 2.06. The summed E-state index contributed by atoms with van der Waals surface area (Å²) in [6, 6.07) is 16.0.